The zero-order chi connectivity index (χ0) is 13.0. The Bertz CT molecular complexity index is 412. The summed E-state index contributed by atoms with van der Waals surface area (Å²) in [7, 11) is 0. The van der Waals surface area contributed by atoms with E-state index in [0.29, 0.717) is 11.4 Å². The van der Waals surface area contributed by atoms with Gasteiger partial charge in [0.1, 0.15) is 17.7 Å². The zero-order valence-electron chi connectivity index (χ0n) is 8.74. The van der Waals surface area contributed by atoms with Crippen LogP contribution in [0.25, 0.3) is 0 Å². The molecule has 6 heteroatoms. The Morgan fingerprint density at radius 1 is 1.29 bits per heavy atom. The Morgan fingerprint density at radius 3 is 2.47 bits per heavy atom. The summed E-state index contributed by atoms with van der Waals surface area (Å²) in [6.07, 6.45) is -2.35. The minimum Gasteiger partial charge on any atom is -0.390 e. The molecule has 0 aliphatic heterocycles. The number of aliphatic hydroxyl groups excluding tert-OH is 2. The molecule has 94 valence electrons. The molecule has 0 aromatic heterocycles. The van der Waals surface area contributed by atoms with E-state index < -0.39 is 29.4 Å². The summed E-state index contributed by atoms with van der Waals surface area (Å²) in [5.41, 5.74) is -0.782. The lowest BCUT2D eigenvalue weighted by Gasteiger charge is -2.18. The Hall–Kier alpha value is -0.850. The van der Waals surface area contributed by atoms with Crippen LogP contribution in [0.5, 0.6) is 0 Å². The van der Waals surface area contributed by atoms with Gasteiger partial charge in [0.05, 0.1) is 11.7 Å². The topological polar surface area (TPSA) is 57.5 Å². The zero-order valence-corrected chi connectivity index (χ0v) is 10.3. The van der Waals surface area contributed by atoms with Crippen LogP contribution in [-0.2, 0) is 0 Å². The van der Waals surface area contributed by atoms with Crippen LogP contribution in [0.4, 0.5) is 8.78 Å². The normalized spacial score (nSPS) is 14.4. The number of halogens is 3. The first-order valence-electron chi connectivity index (χ1n) is 4.87. The lowest BCUT2D eigenvalue weighted by Crippen LogP contribution is -2.20. The molecule has 0 fully saturated rings. The van der Waals surface area contributed by atoms with Crippen molar-refractivity contribution in [3.63, 3.8) is 0 Å². The van der Waals surface area contributed by atoms with Gasteiger partial charge >= 0.3 is 0 Å². The highest BCUT2D eigenvalue weighted by Crippen LogP contribution is 2.24. The van der Waals surface area contributed by atoms with E-state index >= 15 is 0 Å². The first kappa shape index (κ1) is 14.2. The van der Waals surface area contributed by atoms with Crippen LogP contribution in [0, 0.1) is 11.6 Å². The van der Waals surface area contributed by atoms with Crippen molar-refractivity contribution in [1.82, 2.24) is 0 Å². The van der Waals surface area contributed by atoms with Gasteiger partial charge in [-0.1, -0.05) is 15.9 Å². The smallest absolute Gasteiger partial charge is 0.153 e. The molecule has 0 bridgehead atoms. The Labute approximate surface area is 105 Å². The first-order chi connectivity index (χ1) is 8.01. The Balaban J connectivity index is 3.05. The van der Waals surface area contributed by atoms with Crippen molar-refractivity contribution in [1.29, 1.82) is 0 Å². The van der Waals surface area contributed by atoms with Crippen LogP contribution in [-0.4, -0.2) is 27.9 Å². The molecule has 1 aromatic rings. The molecular formula is C11H11BrF2O3. The highest BCUT2D eigenvalue weighted by molar-refractivity contribution is 9.09. The van der Waals surface area contributed by atoms with E-state index in [0.717, 1.165) is 6.07 Å². The largest absolute Gasteiger partial charge is 0.390 e. The number of carbonyl (C=O) groups excluding carboxylic acids is 1. The minimum absolute atomic E-state index is 0.184. The maximum atomic E-state index is 13.5. The van der Waals surface area contributed by atoms with Gasteiger partial charge in [0, 0.05) is 10.9 Å². The molecule has 17 heavy (non-hydrogen) atoms. The van der Waals surface area contributed by atoms with E-state index in [-0.39, 0.29) is 18.3 Å². The summed E-state index contributed by atoms with van der Waals surface area (Å²) in [5, 5.41) is 19.5. The molecule has 0 aliphatic rings. The molecule has 0 amide bonds. The van der Waals surface area contributed by atoms with E-state index in [1.54, 1.807) is 0 Å². The fraction of sp³-hybridized carbons (Fsp3) is 0.364. The summed E-state index contributed by atoms with van der Waals surface area (Å²) in [4.78, 5) is 10.4. The minimum atomic E-state index is -1.53. The molecule has 1 aromatic carbocycles. The van der Waals surface area contributed by atoms with Crippen LogP contribution < -0.4 is 0 Å². The second-order valence-corrected chi connectivity index (χ2v) is 4.30. The summed E-state index contributed by atoms with van der Waals surface area (Å²) in [6.45, 7) is 0. The number of aldehydes is 1. The second kappa shape index (κ2) is 6.18. The number of rotatable bonds is 5. The van der Waals surface area contributed by atoms with Gasteiger partial charge in [0.25, 0.3) is 0 Å². The first-order valence-corrected chi connectivity index (χ1v) is 5.99. The Morgan fingerprint density at radius 2 is 1.94 bits per heavy atom. The lowest BCUT2D eigenvalue weighted by molar-refractivity contribution is 0.0151. The van der Waals surface area contributed by atoms with Gasteiger partial charge in [-0.2, -0.15) is 0 Å². The van der Waals surface area contributed by atoms with Crippen LogP contribution in [0.15, 0.2) is 12.1 Å². The number of carbonyl (C=O) groups is 1. The second-order valence-electron chi connectivity index (χ2n) is 3.50. The summed E-state index contributed by atoms with van der Waals surface area (Å²) >= 11 is 3.06. The van der Waals surface area contributed by atoms with E-state index in [9.17, 15) is 23.8 Å². The molecule has 0 saturated heterocycles. The lowest BCUT2D eigenvalue weighted by atomic mass is 10.0. The van der Waals surface area contributed by atoms with Gasteiger partial charge < -0.3 is 10.2 Å². The van der Waals surface area contributed by atoms with Crippen molar-refractivity contribution in [2.75, 3.05) is 5.33 Å². The quantitative estimate of drug-likeness (QED) is 0.646. The van der Waals surface area contributed by atoms with Gasteiger partial charge in [-0.15, -0.1) is 0 Å². The third kappa shape index (κ3) is 3.31. The van der Waals surface area contributed by atoms with Crippen LogP contribution in [0.2, 0.25) is 0 Å². The number of hydrogen-bond donors (Lipinski definition) is 2. The third-order valence-electron chi connectivity index (χ3n) is 2.33. The van der Waals surface area contributed by atoms with Crippen LogP contribution in [0.1, 0.15) is 28.4 Å². The standard InChI is InChI=1S/C11H11BrF2O3/c12-2-1-10(16)11(17)7-4-8(13)6(5-15)3-9(7)14/h3-5,10-11,16-17H,1-2H2. The van der Waals surface area contributed by atoms with Gasteiger partial charge in [-0.25, -0.2) is 8.78 Å². The summed E-state index contributed by atoms with van der Waals surface area (Å²) in [5.74, 6) is -1.85. The van der Waals surface area contributed by atoms with Crippen molar-refractivity contribution >= 4 is 22.2 Å². The SMILES string of the molecule is O=Cc1cc(F)c(C(O)C(O)CCBr)cc1F. The van der Waals surface area contributed by atoms with Crippen molar-refractivity contribution in [2.45, 2.75) is 18.6 Å². The number of alkyl halides is 1. The molecule has 2 atom stereocenters. The van der Waals surface area contributed by atoms with Crippen LogP contribution >= 0.6 is 15.9 Å². The van der Waals surface area contributed by atoms with Gasteiger partial charge in [0.2, 0.25) is 0 Å². The average Bonchev–Trinajstić information content (AvgIpc) is 2.31. The molecular weight excluding hydrogens is 298 g/mol. The fourth-order valence-electron chi connectivity index (χ4n) is 1.37. The molecule has 0 heterocycles. The predicted octanol–water partition coefficient (Wildman–Crippen LogP) is 1.96. The van der Waals surface area contributed by atoms with Crippen molar-refractivity contribution in [3.8, 4) is 0 Å². The predicted molar refractivity (Wildman–Crippen MR) is 61.1 cm³/mol. The number of aliphatic hydroxyl groups is 2. The maximum Gasteiger partial charge on any atom is 0.153 e. The van der Waals surface area contributed by atoms with E-state index in [1.807, 2.05) is 0 Å². The third-order valence-corrected chi connectivity index (χ3v) is 2.79. The molecule has 2 unspecified atom stereocenters. The van der Waals surface area contributed by atoms with Crippen LogP contribution in [0.3, 0.4) is 0 Å². The average molecular weight is 309 g/mol. The molecule has 0 saturated carbocycles. The molecule has 2 N–H and O–H groups in total. The highest BCUT2D eigenvalue weighted by Gasteiger charge is 2.22. The molecule has 0 spiro atoms. The van der Waals surface area contributed by atoms with E-state index in [2.05, 4.69) is 15.9 Å². The van der Waals surface area contributed by atoms with Crippen molar-refractivity contribution in [3.05, 3.63) is 34.9 Å². The number of benzene rings is 1. The summed E-state index contributed by atoms with van der Waals surface area (Å²) < 4.78 is 26.7. The van der Waals surface area contributed by atoms with Gasteiger partial charge in [-0.05, 0) is 18.6 Å². The monoisotopic (exact) mass is 308 g/mol. The fourth-order valence-corrected chi connectivity index (χ4v) is 1.84. The van der Waals surface area contributed by atoms with Crippen molar-refractivity contribution in [2.24, 2.45) is 0 Å². The van der Waals surface area contributed by atoms with E-state index in [4.69, 9.17) is 0 Å². The van der Waals surface area contributed by atoms with Gasteiger partial charge in [-0.3, -0.25) is 4.79 Å². The number of hydrogen-bond acceptors (Lipinski definition) is 3. The molecule has 3 nitrogen and oxygen atoms in total. The Kier molecular flexibility index (Phi) is 5.17. The van der Waals surface area contributed by atoms with Gasteiger partial charge in [0.15, 0.2) is 6.29 Å². The van der Waals surface area contributed by atoms with Crippen molar-refractivity contribution < 1.29 is 23.8 Å². The molecule has 0 radical (unpaired) electrons. The summed E-state index contributed by atoms with van der Waals surface area (Å²) in [6, 6.07) is 1.42. The highest BCUT2D eigenvalue weighted by atomic mass is 79.9. The molecule has 1 rings (SSSR count). The molecule has 0 aliphatic carbocycles. The maximum absolute atomic E-state index is 13.5. The van der Waals surface area contributed by atoms with E-state index in [1.165, 1.54) is 0 Å².